The van der Waals surface area contributed by atoms with Crippen molar-refractivity contribution in [2.24, 2.45) is 0 Å². The minimum atomic E-state index is 0.673. The summed E-state index contributed by atoms with van der Waals surface area (Å²) in [6.45, 7) is 2.63. The summed E-state index contributed by atoms with van der Waals surface area (Å²) in [4.78, 5) is 13.7. The smallest absolute Gasteiger partial charge is 0.214 e. The van der Waals surface area contributed by atoms with Crippen LogP contribution >= 0.6 is 11.3 Å². The second kappa shape index (κ2) is 5.23. The van der Waals surface area contributed by atoms with Crippen molar-refractivity contribution in [3.8, 4) is 5.82 Å². The van der Waals surface area contributed by atoms with Gasteiger partial charge in [-0.3, -0.25) is 4.57 Å². The molecule has 1 N–H and O–H groups in total. The molecule has 4 heterocycles. The van der Waals surface area contributed by atoms with Crippen molar-refractivity contribution in [2.75, 3.05) is 5.32 Å². The van der Waals surface area contributed by atoms with Gasteiger partial charge in [-0.25, -0.2) is 19.5 Å². The second-order valence-electron chi connectivity index (χ2n) is 4.86. The van der Waals surface area contributed by atoms with Gasteiger partial charge in [-0.05, 0) is 18.6 Å². The number of aryl methyl sites for hydroxylation is 1. The molecule has 0 radical (unpaired) electrons. The van der Waals surface area contributed by atoms with E-state index in [9.17, 15) is 0 Å². The van der Waals surface area contributed by atoms with Crippen LogP contribution in [0.3, 0.4) is 0 Å². The van der Waals surface area contributed by atoms with Gasteiger partial charge in [0.05, 0.1) is 11.9 Å². The highest BCUT2D eigenvalue weighted by Gasteiger charge is 2.06. The van der Waals surface area contributed by atoms with Crippen molar-refractivity contribution < 1.29 is 0 Å². The molecule has 0 aliphatic heterocycles. The average Bonchev–Trinajstić information content (AvgIpc) is 3.21. The zero-order valence-electron chi connectivity index (χ0n) is 11.8. The second-order valence-corrected chi connectivity index (χ2v) is 5.82. The van der Waals surface area contributed by atoms with E-state index in [1.807, 2.05) is 42.2 Å². The summed E-state index contributed by atoms with van der Waals surface area (Å²) >= 11 is 1.54. The van der Waals surface area contributed by atoms with Crippen molar-refractivity contribution in [3.63, 3.8) is 0 Å². The molecular weight excluding hydrogens is 298 g/mol. The van der Waals surface area contributed by atoms with Gasteiger partial charge in [0.1, 0.15) is 12.1 Å². The maximum atomic E-state index is 4.44. The zero-order valence-corrected chi connectivity index (χ0v) is 12.7. The van der Waals surface area contributed by atoms with E-state index in [0.29, 0.717) is 6.54 Å². The number of imidazole rings is 2. The number of nitrogens with one attached hydrogen (secondary N) is 1. The maximum Gasteiger partial charge on any atom is 0.214 e. The number of aromatic nitrogens is 6. The Morgan fingerprint density at radius 1 is 1.32 bits per heavy atom. The van der Waals surface area contributed by atoms with Crippen LogP contribution in [0, 0.1) is 6.92 Å². The molecule has 4 rings (SSSR count). The molecule has 8 heteroatoms. The summed E-state index contributed by atoms with van der Waals surface area (Å²) in [6.07, 6.45) is 9.10. The lowest BCUT2D eigenvalue weighted by Crippen LogP contribution is -2.01. The Labute approximate surface area is 130 Å². The first kappa shape index (κ1) is 13.0. The summed E-state index contributed by atoms with van der Waals surface area (Å²) in [5.74, 6) is 0.851. The molecule has 0 saturated carbocycles. The number of hydrogen-bond donors (Lipinski definition) is 1. The third-order valence-electron chi connectivity index (χ3n) is 3.19. The van der Waals surface area contributed by atoms with E-state index in [0.717, 1.165) is 27.2 Å². The lowest BCUT2D eigenvalue weighted by molar-refractivity contribution is 0.952. The van der Waals surface area contributed by atoms with E-state index in [1.54, 1.807) is 17.0 Å². The summed E-state index contributed by atoms with van der Waals surface area (Å²) in [7, 11) is 0. The fourth-order valence-corrected chi connectivity index (χ4v) is 2.95. The van der Waals surface area contributed by atoms with Crippen molar-refractivity contribution in [1.82, 2.24) is 29.1 Å². The van der Waals surface area contributed by atoms with Crippen LogP contribution in [-0.4, -0.2) is 29.1 Å². The van der Waals surface area contributed by atoms with Gasteiger partial charge in [0.2, 0.25) is 10.1 Å². The van der Waals surface area contributed by atoms with Crippen LogP contribution in [0.2, 0.25) is 0 Å². The summed E-state index contributed by atoms with van der Waals surface area (Å²) < 4.78 is 3.66. The minimum absolute atomic E-state index is 0.673. The molecule has 4 aromatic heterocycles. The molecule has 22 heavy (non-hydrogen) atoms. The number of anilines is 1. The molecule has 0 amide bonds. The quantitative estimate of drug-likeness (QED) is 0.626. The maximum absolute atomic E-state index is 4.44. The summed E-state index contributed by atoms with van der Waals surface area (Å²) in [5.41, 5.74) is 2.07. The molecule has 0 bridgehead atoms. The molecule has 110 valence electrons. The van der Waals surface area contributed by atoms with Gasteiger partial charge in [0, 0.05) is 25.1 Å². The number of nitrogens with zero attached hydrogens (tertiary/aromatic N) is 6. The molecule has 0 aromatic carbocycles. The number of pyridine rings is 1. The molecule has 0 aliphatic carbocycles. The van der Waals surface area contributed by atoms with Crippen molar-refractivity contribution >= 4 is 21.4 Å². The lowest BCUT2D eigenvalue weighted by atomic mass is 10.3. The van der Waals surface area contributed by atoms with Crippen molar-refractivity contribution in [3.05, 3.63) is 54.5 Å². The van der Waals surface area contributed by atoms with Crippen LogP contribution in [0.4, 0.5) is 5.13 Å². The van der Waals surface area contributed by atoms with Crippen molar-refractivity contribution in [2.45, 2.75) is 13.5 Å². The number of fused-ring (bicyclic) bond motifs is 1. The molecule has 0 spiro atoms. The van der Waals surface area contributed by atoms with Gasteiger partial charge in [-0.1, -0.05) is 17.4 Å². The highest BCUT2D eigenvalue weighted by atomic mass is 32.1. The molecule has 0 atom stereocenters. The Hall–Kier alpha value is -2.74. The van der Waals surface area contributed by atoms with Crippen LogP contribution in [0.25, 0.3) is 10.8 Å². The standard InChI is InChI=1S/C14H13N7S/c1-10-8-21-14(18-10)22-13(19-21)17-7-11-2-3-12(16-6-11)20-5-4-15-9-20/h2-6,8-9H,7H2,1H3,(H,17,19). The fourth-order valence-electron chi connectivity index (χ4n) is 2.13. The van der Waals surface area contributed by atoms with Crippen LogP contribution in [0.15, 0.2) is 43.2 Å². The van der Waals surface area contributed by atoms with Crippen molar-refractivity contribution in [1.29, 1.82) is 0 Å². The normalized spacial score (nSPS) is 11.1. The van der Waals surface area contributed by atoms with E-state index in [1.165, 1.54) is 11.3 Å². The van der Waals surface area contributed by atoms with E-state index in [-0.39, 0.29) is 0 Å². The van der Waals surface area contributed by atoms with E-state index < -0.39 is 0 Å². The van der Waals surface area contributed by atoms with Crippen LogP contribution in [0.5, 0.6) is 0 Å². The fraction of sp³-hybridized carbons (Fsp3) is 0.143. The van der Waals surface area contributed by atoms with E-state index >= 15 is 0 Å². The Balaban J connectivity index is 1.45. The van der Waals surface area contributed by atoms with Gasteiger partial charge in [0.25, 0.3) is 0 Å². The number of rotatable bonds is 4. The van der Waals surface area contributed by atoms with Gasteiger partial charge < -0.3 is 5.32 Å². The highest BCUT2D eigenvalue weighted by Crippen LogP contribution is 2.19. The number of hydrogen-bond acceptors (Lipinski definition) is 6. The highest BCUT2D eigenvalue weighted by molar-refractivity contribution is 7.20. The Morgan fingerprint density at radius 3 is 3.00 bits per heavy atom. The minimum Gasteiger partial charge on any atom is -0.356 e. The Kier molecular flexibility index (Phi) is 3.08. The molecule has 0 saturated heterocycles. The molecular formula is C14H13N7S. The van der Waals surface area contributed by atoms with Crippen LogP contribution < -0.4 is 5.32 Å². The average molecular weight is 311 g/mol. The van der Waals surface area contributed by atoms with Crippen LogP contribution in [-0.2, 0) is 6.54 Å². The summed E-state index contributed by atoms with van der Waals surface area (Å²) in [6, 6.07) is 4.01. The van der Waals surface area contributed by atoms with Gasteiger partial charge >= 0.3 is 0 Å². The molecule has 7 nitrogen and oxygen atoms in total. The van der Waals surface area contributed by atoms with E-state index in [4.69, 9.17) is 0 Å². The third kappa shape index (κ3) is 2.44. The first-order valence-corrected chi connectivity index (χ1v) is 7.59. The predicted octanol–water partition coefficient (Wildman–Crippen LogP) is 2.29. The summed E-state index contributed by atoms with van der Waals surface area (Å²) in [5, 5.41) is 8.58. The van der Waals surface area contributed by atoms with E-state index in [2.05, 4.69) is 25.4 Å². The first-order valence-electron chi connectivity index (χ1n) is 6.78. The topological polar surface area (TPSA) is 72.9 Å². The Bertz CT molecular complexity index is 858. The third-order valence-corrected chi connectivity index (χ3v) is 4.07. The molecule has 4 aromatic rings. The lowest BCUT2D eigenvalue weighted by Gasteiger charge is -2.04. The SMILES string of the molecule is Cc1cn2nc(NCc3ccc(-n4ccnc4)nc3)sc2n1. The zero-order chi connectivity index (χ0) is 14.9. The predicted molar refractivity (Wildman–Crippen MR) is 84.3 cm³/mol. The first-order chi connectivity index (χ1) is 10.8. The Morgan fingerprint density at radius 2 is 2.27 bits per heavy atom. The molecule has 0 aliphatic rings. The molecule has 0 fully saturated rings. The van der Waals surface area contributed by atoms with Gasteiger partial charge in [-0.15, -0.1) is 5.10 Å². The van der Waals surface area contributed by atoms with Gasteiger partial charge in [-0.2, -0.15) is 0 Å². The monoisotopic (exact) mass is 311 g/mol. The largest absolute Gasteiger partial charge is 0.356 e. The van der Waals surface area contributed by atoms with Crippen LogP contribution in [0.1, 0.15) is 11.3 Å². The van der Waals surface area contributed by atoms with Gasteiger partial charge in [0.15, 0.2) is 0 Å². The molecule has 0 unspecified atom stereocenters.